The number of nitrogens with one attached hydrogen (secondary N) is 3. The van der Waals surface area contributed by atoms with Crippen LogP contribution in [-0.4, -0.2) is 16.1 Å². The molecule has 11 heteroatoms. The predicted octanol–water partition coefficient (Wildman–Crippen LogP) is 9.02. The Morgan fingerprint density at radius 2 is 1.38 bits per heavy atom. The fraction of sp³-hybridized carbons (Fsp3) is 0.154. The standard InChI is InChI=1S/C26H19Cl6N3O2/c1-12(23-24(26(23,31)32)14-7-15(27)9-16(28)8-14)33-22-10-19(20(29)11-21(22)30)25(37)35-18-5-3-17(4-6-18)34-13(2)36/h3-11,23-24,33H,1H2,2H3,(H,34,36)(H,35,37). The van der Waals surface area contributed by atoms with Crippen LogP contribution in [0.1, 0.15) is 28.8 Å². The van der Waals surface area contributed by atoms with Gasteiger partial charge in [-0.15, -0.1) is 23.2 Å². The molecule has 0 bridgehead atoms. The van der Waals surface area contributed by atoms with Crippen LogP contribution in [0.4, 0.5) is 17.1 Å². The van der Waals surface area contributed by atoms with E-state index in [2.05, 4.69) is 22.5 Å². The third-order valence-electron chi connectivity index (χ3n) is 5.73. The number of alkyl halides is 2. The molecule has 0 aliphatic heterocycles. The van der Waals surface area contributed by atoms with Crippen molar-refractivity contribution in [2.45, 2.75) is 17.2 Å². The van der Waals surface area contributed by atoms with Crippen LogP contribution in [0.25, 0.3) is 0 Å². The van der Waals surface area contributed by atoms with Crippen molar-refractivity contribution in [1.82, 2.24) is 0 Å². The van der Waals surface area contributed by atoms with E-state index in [1.807, 2.05) is 0 Å². The first-order valence-corrected chi connectivity index (χ1v) is 13.1. The molecule has 2 unspecified atom stereocenters. The van der Waals surface area contributed by atoms with E-state index in [9.17, 15) is 9.59 Å². The minimum Gasteiger partial charge on any atom is -0.358 e. The van der Waals surface area contributed by atoms with Gasteiger partial charge in [0.15, 0.2) is 0 Å². The first kappa shape index (κ1) is 27.9. The highest BCUT2D eigenvalue weighted by Gasteiger charge is 2.65. The second-order valence-electron chi connectivity index (χ2n) is 8.51. The zero-order chi connectivity index (χ0) is 27.1. The lowest BCUT2D eigenvalue weighted by atomic mass is 10.1. The fourth-order valence-electron chi connectivity index (χ4n) is 4.04. The van der Waals surface area contributed by atoms with E-state index in [4.69, 9.17) is 69.6 Å². The molecule has 1 fully saturated rings. The number of allylic oxidation sites excluding steroid dienone is 1. The van der Waals surface area contributed by atoms with Crippen LogP contribution in [0.3, 0.4) is 0 Å². The summed E-state index contributed by atoms with van der Waals surface area (Å²) in [7, 11) is 0. The maximum Gasteiger partial charge on any atom is 0.257 e. The number of halogens is 6. The molecule has 4 rings (SSSR count). The van der Waals surface area contributed by atoms with Crippen LogP contribution >= 0.6 is 69.6 Å². The molecule has 3 aromatic rings. The van der Waals surface area contributed by atoms with Gasteiger partial charge < -0.3 is 16.0 Å². The molecule has 0 heterocycles. The van der Waals surface area contributed by atoms with E-state index in [0.717, 1.165) is 5.56 Å². The summed E-state index contributed by atoms with van der Waals surface area (Å²) < 4.78 is -1.14. The third kappa shape index (κ3) is 6.31. The minimum absolute atomic E-state index is 0.162. The van der Waals surface area contributed by atoms with Gasteiger partial charge in [-0.1, -0.05) is 53.0 Å². The van der Waals surface area contributed by atoms with Gasteiger partial charge >= 0.3 is 0 Å². The summed E-state index contributed by atoms with van der Waals surface area (Å²) in [5.74, 6) is -1.33. The van der Waals surface area contributed by atoms with E-state index >= 15 is 0 Å². The van der Waals surface area contributed by atoms with Crippen LogP contribution in [-0.2, 0) is 4.79 Å². The van der Waals surface area contributed by atoms with Gasteiger partial charge in [-0.25, -0.2) is 0 Å². The summed E-state index contributed by atoms with van der Waals surface area (Å²) >= 11 is 38.2. The number of hydrogen-bond acceptors (Lipinski definition) is 3. The zero-order valence-electron chi connectivity index (χ0n) is 19.1. The maximum atomic E-state index is 13.0. The molecule has 2 atom stereocenters. The molecule has 37 heavy (non-hydrogen) atoms. The quantitative estimate of drug-likeness (QED) is 0.232. The normalized spacial score (nSPS) is 17.6. The molecule has 5 nitrogen and oxygen atoms in total. The Balaban J connectivity index is 1.51. The van der Waals surface area contributed by atoms with Crippen molar-refractivity contribution in [3.8, 4) is 0 Å². The minimum atomic E-state index is -1.14. The number of carbonyl (C=O) groups is 2. The summed E-state index contributed by atoms with van der Waals surface area (Å²) in [6, 6.07) is 14.8. The average Bonchev–Trinajstić information content (AvgIpc) is 3.38. The summed E-state index contributed by atoms with van der Waals surface area (Å²) in [4.78, 5) is 24.2. The van der Waals surface area contributed by atoms with Gasteiger partial charge in [0.25, 0.3) is 5.91 Å². The largest absolute Gasteiger partial charge is 0.358 e. The molecular formula is C26H19Cl6N3O2. The Hall–Kier alpha value is -2.12. The summed E-state index contributed by atoms with van der Waals surface area (Å²) in [6.45, 7) is 5.51. The lowest BCUT2D eigenvalue weighted by Gasteiger charge is -2.15. The molecule has 2 amide bonds. The predicted molar refractivity (Wildman–Crippen MR) is 155 cm³/mol. The van der Waals surface area contributed by atoms with Gasteiger partial charge in [0.05, 0.1) is 21.3 Å². The van der Waals surface area contributed by atoms with E-state index in [0.29, 0.717) is 32.8 Å². The molecule has 1 aliphatic carbocycles. The van der Waals surface area contributed by atoms with Gasteiger partial charge in [-0.05, 0) is 60.2 Å². The van der Waals surface area contributed by atoms with Crippen molar-refractivity contribution in [2.75, 3.05) is 16.0 Å². The highest BCUT2D eigenvalue weighted by molar-refractivity contribution is 6.52. The van der Waals surface area contributed by atoms with Gasteiger partial charge in [0.1, 0.15) is 4.33 Å². The Morgan fingerprint density at radius 1 is 0.811 bits per heavy atom. The van der Waals surface area contributed by atoms with Gasteiger partial charge in [0.2, 0.25) is 5.91 Å². The van der Waals surface area contributed by atoms with Crippen molar-refractivity contribution in [1.29, 1.82) is 0 Å². The van der Waals surface area contributed by atoms with Crippen LogP contribution in [0, 0.1) is 5.92 Å². The molecule has 192 valence electrons. The Bertz CT molecular complexity index is 1390. The van der Waals surface area contributed by atoms with Crippen LogP contribution in [0.5, 0.6) is 0 Å². The first-order valence-electron chi connectivity index (χ1n) is 10.8. The maximum absolute atomic E-state index is 13.0. The van der Waals surface area contributed by atoms with Crippen molar-refractivity contribution in [3.05, 3.63) is 98.1 Å². The molecule has 0 saturated heterocycles. The molecule has 1 aliphatic rings. The number of benzene rings is 3. The second kappa shape index (κ2) is 10.9. The lowest BCUT2D eigenvalue weighted by molar-refractivity contribution is -0.114. The lowest BCUT2D eigenvalue weighted by Crippen LogP contribution is -2.14. The monoisotopic (exact) mass is 615 g/mol. The summed E-state index contributed by atoms with van der Waals surface area (Å²) in [5.41, 5.74) is 2.98. The fourth-order valence-corrected chi connectivity index (χ4v) is 5.99. The number of hydrogen-bond donors (Lipinski definition) is 3. The second-order valence-corrected chi connectivity index (χ2v) is 11.6. The van der Waals surface area contributed by atoms with Crippen molar-refractivity contribution < 1.29 is 9.59 Å². The highest BCUT2D eigenvalue weighted by Crippen LogP contribution is 2.67. The topological polar surface area (TPSA) is 70.2 Å². The van der Waals surface area contributed by atoms with Crippen molar-refractivity contribution >= 4 is 98.5 Å². The molecule has 1 saturated carbocycles. The van der Waals surface area contributed by atoms with Gasteiger partial charge in [-0.3, -0.25) is 9.59 Å². The smallest absolute Gasteiger partial charge is 0.257 e. The van der Waals surface area contributed by atoms with Crippen molar-refractivity contribution in [3.63, 3.8) is 0 Å². The van der Waals surface area contributed by atoms with E-state index in [1.54, 1.807) is 42.5 Å². The first-order chi connectivity index (χ1) is 17.4. The Kier molecular flexibility index (Phi) is 8.25. The molecule has 0 aromatic heterocycles. The summed E-state index contributed by atoms with van der Waals surface area (Å²) in [5, 5.41) is 9.94. The molecule has 0 radical (unpaired) electrons. The number of amides is 2. The highest BCUT2D eigenvalue weighted by atomic mass is 35.5. The third-order valence-corrected chi connectivity index (χ3v) is 7.73. The molecule has 0 spiro atoms. The molecule has 3 aromatic carbocycles. The van der Waals surface area contributed by atoms with Gasteiger partial charge in [-0.2, -0.15) is 0 Å². The molecular weight excluding hydrogens is 599 g/mol. The van der Waals surface area contributed by atoms with Crippen molar-refractivity contribution in [2.24, 2.45) is 5.92 Å². The van der Waals surface area contributed by atoms with Crippen LogP contribution < -0.4 is 16.0 Å². The zero-order valence-corrected chi connectivity index (χ0v) is 23.7. The van der Waals surface area contributed by atoms with Crippen LogP contribution in [0.15, 0.2) is 66.9 Å². The number of carbonyl (C=O) groups excluding carboxylic acids is 2. The van der Waals surface area contributed by atoms with E-state index in [-0.39, 0.29) is 33.4 Å². The number of rotatable bonds is 7. The Labute approximate surface area is 244 Å². The average molecular weight is 618 g/mol. The van der Waals surface area contributed by atoms with E-state index < -0.39 is 10.2 Å². The Morgan fingerprint density at radius 3 is 1.95 bits per heavy atom. The SMILES string of the molecule is C=C(Nc1cc(C(=O)Nc2ccc(NC(C)=O)cc2)c(Cl)cc1Cl)C1C(c2cc(Cl)cc(Cl)c2)C1(Cl)Cl. The number of anilines is 3. The van der Waals surface area contributed by atoms with Gasteiger partial charge in [0, 0.05) is 45.9 Å². The van der Waals surface area contributed by atoms with E-state index in [1.165, 1.54) is 19.1 Å². The summed E-state index contributed by atoms with van der Waals surface area (Å²) in [6.07, 6.45) is 0. The van der Waals surface area contributed by atoms with Crippen LogP contribution in [0.2, 0.25) is 20.1 Å². The molecule has 3 N–H and O–H groups in total.